The number of esters is 1. The van der Waals surface area contributed by atoms with Crippen LogP contribution in [-0.2, 0) is 22.6 Å². The van der Waals surface area contributed by atoms with E-state index in [9.17, 15) is 4.79 Å². The van der Waals surface area contributed by atoms with Gasteiger partial charge in [-0.3, -0.25) is 0 Å². The summed E-state index contributed by atoms with van der Waals surface area (Å²) < 4.78 is 9.24. The molecule has 0 unspecified atom stereocenters. The standard InChI is InChI=1S/C15H19N2O2/c1-4-10-19-15(18)11-17-12(3)16(5-2)13-8-6-7-9-14(13)17/h4,6-9H,1,5,10-11H2,2-3H3/q+1. The maximum atomic E-state index is 11.8. The number of carbonyl (C=O) groups excluding carboxylic acids is 1. The fourth-order valence-corrected chi connectivity index (χ4v) is 2.34. The molecule has 0 radical (unpaired) electrons. The number of carbonyl (C=O) groups is 1. The lowest BCUT2D eigenvalue weighted by Crippen LogP contribution is -2.41. The highest BCUT2D eigenvalue weighted by Gasteiger charge is 2.22. The van der Waals surface area contributed by atoms with E-state index in [-0.39, 0.29) is 19.1 Å². The molecular formula is C15H19N2O2+. The predicted octanol–water partition coefficient (Wildman–Crippen LogP) is 1.99. The van der Waals surface area contributed by atoms with Gasteiger partial charge in [-0.1, -0.05) is 24.8 Å². The average molecular weight is 259 g/mol. The smallest absolute Gasteiger partial charge is 0.348 e. The molecular weight excluding hydrogens is 240 g/mol. The average Bonchev–Trinajstić information content (AvgIpc) is 2.69. The number of ether oxygens (including phenoxy) is 1. The van der Waals surface area contributed by atoms with Crippen molar-refractivity contribution in [1.82, 2.24) is 4.57 Å². The molecule has 4 nitrogen and oxygen atoms in total. The normalized spacial score (nSPS) is 10.6. The molecule has 0 fully saturated rings. The van der Waals surface area contributed by atoms with Gasteiger partial charge in [-0.2, -0.15) is 0 Å². The Labute approximate surface area is 112 Å². The van der Waals surface area contributed by atoms with Gasteiger partial charge in [0.15, 0.2) is 17.6 Å². The molecule has 4 heteroatoms. The number of nitrogens with zero attached hydrogens (tertiary/aromatic N) is 2. The van der Waals surface area contributed by atoms with E-state index in [1.807, 2.05) is 29.7 Å². The zero-order chi connectivity index (χ0) is 13.8. The quantitative estimate of drug-likeness (QED) is 0.467. The predicted molar refractivity (Wildman–Crippen MR) is 73.7 cm³/mol. The Balaban J connectivity index is 2.39. The Hall–Kier alpha value is -2.10. The van der Waals surface area contributed by atoms with Gasteiger partial charge in [-0.05, 0) is 19.1 Å². The van der Waals surface area contributed by atoms with Crippen LogP contribution in [0.15, 0.2) is 36.9 Å². The molecule has 19 heavy (non-hydrogen) atoms. The van der Waals surface area contributed by atoms with Gasteiger partial charge in [-0.25, -0.2) is 13.9 Å². The van der Waals surface area contributed by atoms with E-state index >= 15 is 0 Å². The Morgan fingerprint density at radius 1 is 1.47 bits per heavy atom. The second-order valence-electron chi connectivity index (χ2n) is 4.34. The summed E-state index contributed by atoms with van der Waals surface area (Å²) in [5, 5.41) is 0. The molecule has 2 aromatic rings. The molecule has 1 aromatic heterocycles. The Morgan fingerprint density at radius 3 is 2.89 bits per heavy atom. The van der Waals surface area contributed by atoms with Crippen molar-refractivity contribution in [3.05, 3.63) is 42.7 Å². The molecule has 0 aliphatic carbocycles. The number of imidazole rings is 1. The van der Waals surface area contributed by atoms with Gasteiger partial charge in [0.2, 0.25) is 0 Å². The third-order valence-corrected chi connectivity index (χ3v) is 3.21. The van der Waals surface area contributed by atoms with Gasteiger partial charge in [0.1, 0.15) is 6.61 Å². The van der Waals surface area contributed by atoms with E-state index in [0.29, 0.717) is 0 Å². The summed E-state index contributed by atoms with van der Waals surface area (Å²) in [6.07, 6.45) is 1.57. The third kappa shape index (κ3) is 2.52. The first-order valence-electron chi connectivity index (χ1n) is 6.43. The summed E-state index contributed by atoms with van der Waals surface area (Å²) in [7, 11) is 0. The zero-order valence-electron chi connectivity index (χ0n) is 11.4. The molecule has 1 heterocycles. The van der Waals surface area contributed by atoms with Crippen molar-refractivity contribution in [2.75, 3.05) is 6.61 Å². The first-order chi connectivity index (χ1) is 9.19. The second-order valence-corrected chi connectivity index (χ2v) is 4.34. The molecule has 0 aliphatic heterocycles. The summed E-state index contributed by atoms with van der Waals surface area (Å²) >= 11 is 0. The lowest BCUT2D eigenvalue weighted by Gasteiger charge is -2.01. The monoisotopic (exact) mass is 259 g/mol. The fraction of sp³-hybridized carbons (Fsp3) is 0.333. The minimum absolute atomic E-state index is 0.229. The number of hydrogen-bond donors (Lipinski definition) is 0. The van der Waals surface area contributed by atoms with Crippen molar-refractivity contribution in [2.24, 2.45) is 0 Å². The van der Waals surface area contributed by atoms with E-state index in [0.717, 1.165) is 23.4 Å². The summed E-state index contributed by atoms with van der Waals surface area (Å²) in [6, 6.07) is 8.08. The highest BCUT2D eigenvalue weighted by atomic mass is 16.5. The number of para-hydroxylation sites is 2. The number of hydrogen-bond acceptors (Lipinski definition) is 2. The van der Waals surface area contributed by atoms with Crippen LogP contribution in [0.5, 0.6) is 0 Å². The van der Waals surface area contributed by atoms with Crippen molar-refractivity contribution in [2.45, 2.75) is 26.9 Å². The van der Waals surface area contributed by atoms with Crippen molar-refractivity contribution in [1.29, 1.82) is 0 Å². The third-order valence-electron chi connectivity index (χ3n) is 3.21. The van der Waals surface area contributed by atoms with E-state index in [1.54, 1.807) is 6.08 Å². The number of aryl methyl sites for hydroxylation is 1. The lowest BCUT2D eigenvalue weighted by molar-refractivity contribution is -0.667. The number of aromatic nitrogens is 2. The molecule has 0 N–H and O–H groups in total. The highest BCUT2D eigenvalue weighted by molar-refractivity contribution is 5.74. The molecule has 0 bridgehead atoms. The molecule has 0 atom stereocenters. The summed E-state index contributed by atoms with van der Waals surface area (Å²) in [6.45, 7) is 9.01. The SMILES string of the molecule is C=CCOC(=O)C[n+]1c(C)n(CC)c2ccccc21. The summed E-state index contributed by atoms with van der Waals surface area (Å²) in [5.41, 5.74) is 2.19. The molecule has 0 spiro atoms. The van der Waals surface area contributed by atoms with Crippen molar-refractivity contribution in [3.8, 4) is 0 Å². The van der Waals surface area contributed by atoms with Crippen LogP contribution in [0.1, 0.15) is 12.7 Å². The number of rotatable bonds is 5. The van der Waals surface area contributed by atoms with E-state index in [1.165, 1.54) is 0 Å². The van der Waals surface area contributed by atoms with Gasteiger partial charge >= 0.3 is 5.97 Å². The lowest BCUT2D eigenvalue weighted by atomic mass is 10.3. The molecule has 0 saturated carbocycles. The molecule has 1 aromatic carbocycles. The first-order valence-corrected chi connectivity index (χ1v) is 6.43. The molecule has 0 amide bonds. The number of benzene rings is 1. The second kappa shape index (κ2) is 5.69. The van der Waals surface area contributed by atoms with Crippen LogP contribution in [0, 0.1) is 6.92 Å². The van der Waals surface area contributed by atoms with Crippen molar-refractivity contribution in [3.63, 3.8) is 0 Å². The van der Waals surface area contributed by atoms with Gasteiger partial charge in [0.25, 0.3) is 5.82 Å². The van der Waals surface area contributed by atoms with Crippen LogP contribution >= 0.6 is 0 Å². The van der Waals surface area contributed by atoms with Gasteiger partial charge in [0, 0.05) is 6.92 Å². The minimum atomic E-state index is -0.244. The van der Waals surface area contributed by atoms with Crippen LogP contribution in [-0.4, -0.2) is 17.1 Å². The summed E-state index contributed by atoms with van der Waals surface area (Å²) in [4.78, 5) is 11.8. The molecule has 0 saturated heterocycles. The fourth-order valence-electron chi connectivity index (χ4n) is 2.34. The Morgan fingerprint density at radius 2 is 2.21 bits per heavy atom. The van der Waals surface area contributed by atoms with Crippen molar-refractivity contribution >= 4 is 17.0 Å². The maximum absolute atomic E-state index is 11.8. The van der Waals surface area contributed by atoms with Gasteiger partial charge in [0.05, 0.1) is 6.54 Å². The van der Waals surface area contributed by atoms with Crippen LogP contribution in [0.4, 0.5) is 0 Å². The van der Waals surface area contributed by atoms with E-state index in [2.05, 4.69) is 24.1 Å². The highest BCUT2D eigenvalue weighted by Crippen LogP contribution is 2.13. The zero-order valence-corrected chi connectivity index (χ0v) is 11.4. The van der Waals surface area contributed by atoms with Gasteiger partial charge in [-0.15, -0.1) is 0 Å². The Bertz CT molecular complexity index is 614. The number of fused-ring (bicyclic) bond motifs is 1. The maximum Gasteiger partial charge on any atom is 0.348 e. The minimum Gasteiger partial charge on any atom is -0.459 e. The van der Waals surface area contributed by atoms with Crippen LogP contribution in [0.2, 0.25) is 0 Å². The largest absolute Gasteiger partial charge is 0.459 e. The first kappa shape index (κ1) is 13.3. The van der Waals surface area contributed by atoms with Crippen LogP contribution in [0.3, 0.4) is 0 Å². The van der Waals surface area contributed by atoms with Crippen LogP contribution < -0.4 is 4.57 Å². The Kier molecular flexibility index (Phi) is 4.00. The topological polar surface area (TPSA) is 35.1 Å². The van der Waals surface area contributed by atoms with E-state index < -0.39 is 0 Å². The molecule has 0 aliphatic rings. The molecule has 100 valence electrons. The van der Waals surface area contributed by atoms with Crippen molar-refractivity contribution < 1.29 is 14.1 Å². The van der Waals surface area contributed by atoms with E-state index in [4.69, 9.17) is 4.74 Å². The molecule has 2 rings (SSSR count). The van der Waals surface area contributed by atoms with Crippen LogP contribution in [0.25, 0.3) is 11.0 Å². The summed E-state index contributed by atoms with van der Waals surface area (Å²) in [5.74, 6) is 0.811. The van der Waals surface area contributed by atoms with Gasteiger partial charge < -0.3 is 4.74 Å².